The van der Waals surface area contributed by atoms with Crippen LogP contribution in [-0.2, 0) is 16.5 Å². The van der Waals surface area contributed by atoms with E-state index in [-0.39, 0.29) is 17.0 Å². The molecule has 3 aromatic rings. The Morgan fingerprint density at radius 1 is 0.830 bits per heavy atom. The molecule has 0 aliphatic carbocycles. The maximum atomic E-state index is 15.2. The zero-order chi connectivity index (χ0) is 34.4. The number of nitrogens with zero attached hydrogens (tertiary/aromatic N) is 4. The van der Waals surface area contributed by atoms with E-state index in [1.54, 1.807) is 0 Å². The third-order valence-electron chi connectivity index (χ3n) is 10.6. The molecule has 2 heterocycles. The van der Waals surface area contributed by atoms with E-state index >= 15 is 4.79 Å². The number of rotatable bonds is 7. The van der Waals surface area contributed by atoms with E-state index in [1.807, 2.05) is 65.3 Å². The third kappa shape index (κ3) is 6.41. The highest BCUT2D eigenvalue weighted by Crippen LogP contribution is 2.54. The van der Waals surface area contributed by atoms with Crippen LogP contribution in [0.1, 0.15) is 91.0 Å². The molecule has 0 unspecified atom stereocenters. The average Bonchev–Trinajstić information content (AvgIpc) is 3.29. The van der Waals surface area contributed by atoms with Gasteiger partial charge in [0.05, 0.1) is 12.2 Å². The Balaban J connectivity index is 1.73. The summed E-state index contributed by atoms with van der Waals surface area (Å²) in [5.41, 5.74) is 1.97. The van der Waals surface area contributed by atoms with Crippen molar-refractivity contribution in [2.45, 2.75) is 90.8 Å². The second-order valence-electron chi connectivity index (χ2n) is 14.7. The molecular formula is C39H50Cl2N4O2. The molecule has 2 aliphatic heterocycles. The molecule has 0 saturated carbocycles. The number of carbonyl (C=O) groups excluding carboxylic acids is 1. The van der Waals surface area contributed by atoms with Crippen LogP contribution in [0.4, 0.5) is 4.79 Å². The van der Waals surface area contributed by atoms with Crippen molar-refractivity contribution in [3.63, 3.8) is 0 Å². The minimum atomic E-state index is -0.941. The summed E-state index contributed by atoms with van der Waals surface area (Å²) >= 11 is 12.8. The number of urea groups is 1. The number of halogens is 2. The van der Waals surface area contributed by atoms with E-state index in [4.69, 9.17) is 32.9 Å². The molecule has 3 aromatic carbocycles. The largest absolute Gasteiger partial charge is 0.493 e. The van der Waals surface area contributed by atoms with Crippen molar-refractivity contribution < 1.29 is 9.53 Å². The molecule has 2 atom stereocenters. The first-order chi connectivity index (χ1) is 22.1. The molecule has 0 spiro atoms. The number of amidine groups is 1. The minimum absolute atomic E-state index is 0.0710. The van der Waals surface area contributed by atoms with E-state index in [0.29, 0.717) is 41.3 Å². The second kappa shape index (κ2) is 13.1. The van der Waals surface area contributed by atoms with Crippen LogP contribution in [0.3, 0.4) is 0 Å². The summed E-state index contributed by atoms with van der Waals surface area (Å²) in [5, 5.41) is 1.28. The normalized spacial score (nSPS) is 22.4. The highest BCUT2D eigenvalue weighted by atomic mass is 35.5. The molecule has 0 bridgehead atoms. The first-order valence-electron chi connectivity index (χ1n) is 16.8. The van der Waals surface area contributed by atoms with Crippen molar-refractivity contribution >= 4 is 35.1 Å². The molecule has 8 heteroatoms. The van der Waals surface area contributed by atoms with Gasteiger partial charge in [0, 0.05) is 41.8 Å². The lowest BCUT2D eigenvalue weighted by Crippen LogP contribution is -2.62. The van der Waals surface area contributed by atoms with E-state index in [0.717, 1.165) is 41.8 Å². The number of hydrogen-bond donors (Lipinski definition) is 0. The monoisotopic (exact) mass is 676 g/mol. The summed E-state index contributed by atoms with van der Waals surface area (Å²) in [6.07, 6.45) is 1.04. The standard InChI is InChI=1S/C39H50Cl2N4O2/c1-10-37(6,7)44-24-22-43(23-25-44)35(46)45-34(32-21-16-29(36(3,4)5)26-33(32)47-11-2)42-38(8,27-12-17-30(40)18-13-27)39(45,9)28-14-19-31(41)20-15-28/h12-21,26H,10-11,22-25H2,1-9H3/t38-,39+/m0/s1. The van der Waals surface area contributed by atoms with Crippen molar-refractivity contribution in [2.24, 2.45) is 4.99 Å². The van der Waals surface area contributed by atoms with E-state index in [2.05, 4.69) is 78.5 Å². The Bertz CT molecular complexity index is 1620. The van der Waals surface area contributed by atoms with Crippen molar-refractivity contribution in [2.75, 3.05) is 32.8 Å². The van der Waals surface area contributed by atoms with Crippen LogP contribution in [0.15, 0.2) is 71.7 Å². The molecular weight excluding hydrogens is 627 g/mol. The fraction of sp³-hybridized carbons (Fsp3) is 0.487. The van der Waals surface area contributed by atoms with Crippen LogP contribution in [0, 0.1) is 0 Å². The predicted molar refractivity (Wildman–Crippen MR) is 195 cm³/mol. The molecule has 5 rings (SSSR count). The van der Waals surface area contributed by atoms with Gasteiger partial charge in [-0.15, -0.1) is 0 Å². The zero-order valence-electron chi connectivity index (χ0n) is 29.5. The fourth-order valence-corrected chi connectivity index (χ4v) is 7.14. The summed E-state index contributed by atoms with van der Waals surface area (Å²) in [5.74, 6) is 1.30. The quantitative estimate of drug-likeness (QED) is 0.250. The van der Waals surface area contributed by atoms with Crippen LogP contribution in [0.2, 0.25) is 10.0 Å². The van der Waals surface area contributed by atoms with Crippen LogP contribution < -0.4 is 4.74 Å². The van der Waals surface area contributed by atoms with Gasteiger partial charge in [-0.3, -0.25) is 14.8 Å². The number of benzene rings is 3. The Kier molecular flexibility index (Phi) is 9.82. The molecule has 0 N–H and O–H groups in total. The van der Waals surface area contributed by atoms with Gasteiger partial charge in [0.1, 0.15) is 22.7 Å². The maximum Gasteiger partial charge on any atom is 0.326 e. The topological polar surface area (TPSA) is 48.4 Å². The first-order valence-corrected chi connectivity index (χ1v) is 17.6. The van der Waals surface area contributed by atoms with Crippen LogP contribution in [-0.4, -0.2) is 64.9 Å². The van der Waals surface area contributed by atoms with Crippen LogP contribution in [0.25, 0.3) is 0 Å². The Morgan fingerprint density at radius 3 is 1.89 bits per heavy atom. The van der Waals surface area contributed by atoms with Crippen molar-refractivity contribution in [3.8, 4) is 5.75 Å². The number of hydrogen-bond acceptors (Lipinski definition) is 4. The minimum Gasteiger partial charge on any atom is -0.493 e. The van der Waals surface area contributed by atoms with E-state index < -0.39 is 11.1 Å². The lowest BCUT2D eigenvalue weighted by atomic mass is 9.71. The second-order valence-corrected chi connectivity index (χ2v) is 15.6. The number of ether oxygens (including phenoxy) is 1. The van der Waals surface area contributed by atoms with Gasteiger partial charge in [0.2, 0.25) is 0 Å². The molecule has 0 radical (unpaired) electrons. The van der Waals surface area contributed by atoms with Gasteiger partial charge in [-0.25, -0.2) is 4.79 Å². The Hall–Kier alpha value is -3.06. The van der Waals surface area contributed by atoms with Gasteiger partial charge in [0.15, 0.2) is 0 Å². The number of aliphatic imine (C=N–C) groups is 1. The molecule has 47 heavy (non-hydrogen) atoms. The predicted octanol–water partition coefficient (Wildman–Crippen LogP) is 9.51. The van der Waals surface area contributed by atoms with Gasteiger partial charge in [0.25, 0.3) is 0 Å². The SMILES string of the molecule is CCOc1cc(C(C)(C)C)ccc1C1=N[C@@](C)(c2ccc(Cl)cc2)[C@@](C)(c2ccc(Cl)cc2)N1C(=O)N1CCN(C(C)(C)CC)CC1. The van der Waals surface area contributed by atoms with Crippen molar-refractivity contribution in [1.82, 2.24) is 14.7 Å². The Morgan fingerprint density at radius 2 is 1.38 bits per heavy atom. The molecule has 2 aliphatic rings. The first kappa shape index (κ1) is 35.3. The molecule has 6 nitrogen and oxygen atoms in total. The van der Waals surface area contributed by atoms with Gasteiger partial charge < -0.3 is 9.64 Å². The van der Waals surface area contributed by atoms with Gasteiger partial charge >= 0.3 is 6.03 Å². The van der Waals surface area contributed by atoms with Crippen molar-refractivity contribution in [3.05, 3.63) is 99.0 Å². The summed E-state index contributed by atoms with van der Waals surface area (Å²) < 4.78 is 6.33. The smallest absolute Gasteiger partial charge is 0.326 e. The summed E-state index contributed by atoms with van der Waals surface area (Å²) in [6.45, 7) is 22.9. The van der Waals surface area contributed by atoms with Gasteiger partial charge in [-0.2, -0.15) is 0 Å². The molecule has 252 valence electrons. The molecule has 0 aromatic heterocycles. The van der Waals surface area contributed by atoms with Gasteiger partial charge in [-0.05, 0) is 99.5 Å². The number of amides is 2. The van der Waals surface area contributed by atoms with Gasteiger partial charge in [-0.1, -0.05) is 81.2 Å². The zero-order valence-corrected chi connectivity index (χ0v) is 31.0. The lowest BCUT2D eigenvalue weighted by Gasteiger charge is -2.48. The van der Waals surface area contributed by atoms with Crippen LogP contribution in [0.5, 0.6) is 5.75 Å². The Labute approximate surface area is 291 Å². The number of piperazine rings is 1. The van der Waals surface area contributed by atoms with Crippen LogP contribution >= 0.6 is 23.2 Å². The molecule has 1 fully saturated rings. The lowest BCUT2D eigenvalue weighted by molar-refractivity contribution is 0.0464. The van der Waals surface area contributed by atoms with E-state index in [1.165, 1.54) is 0 Å². The fourth-order valence-electron chi connectivity index (χ4n) is 6.88. The third-order valence-corrected chi connectivity index (χ3v) is 11.1. The number of carbonyl (C=O) groups is 1. The summed E-state index contributed by atoms with van der Waals surface area (Å²) in [7, 11) is 0. The summed E-state index contributed by atoms with van der Waals surface area (Å²) in [6, 6.07) is 21.9. The average molecular weight is 678 g/mol. The maximum absolute atomic E-state index is 15.2. The molecule has 1 saturated heterocycles. The van der Waals surface area contributed by atoms with E-state index in [9.17, 15) is 0 Å². The van der Waals surface area contributed by atoms with Crippen molar-refractivity contribution in [1.29, 1.82) is 0 Å². The highest BCUT2D eigenvalue weighted by molar-refractivity contribution is 6.30. The molecule has 2 amide bonds. The highest BCUT2D eigenvalue weighted by Gasteiger charge is 2.60. The summed E-state index contributed by atoms with van der Waals surface area (Å²) in [4.78, 5) is 27.2.